The van der Waals surface area contributed by atoms with Gasteiger partial charge < -0.3 is 10.1 Å². The van der Waals surface area contributed by atoms with Crippen molar-refractivity contribution in [3.63, 3.8) is 0 Å². The number of nitro groups is 1. The van der Waals surface area contributed by atoms with Crippen LogP contribution >= 0.6 is 0 Å². The monoisotopic (exact) mass is 280 g/mol. The molecule has 0 spiro atoms. The smallest absolute Gasteiger partial charge is 0.352 e. The van der Waals surface area contributed by atoms with Crippen molar-refractivity contribution in [1.82, 2.24) is 9.97 Å². The Kier molecular flexibility index (Phi) is 4.70. The molecule has 0 amide bonds. The Balaban J connectivity index is 2.15. The summed E-state index contributed by atoms with van der Waals surface area (Å²) in [5.41, 5.74) is 0.174. The van der Waals surface area contributed by atoms with Crippen LogP contribution in [-0.2, 0) is 0 Å². The summed E-state index contributed by atoms with van der Waals surface area (Å²) in [6, 6.07) is 0. The van der Waals surface area contributed by atoms with Crippen LogP contribution in [0.1, 0.15) is 37.8 Å². The van der Waals surface area contributed by atoms with Gasteiger partial charge in [0.1, 0.15) is 5.69 Å². The minimum atomic E-state index is -0.481. The summed E-state index contributed by atoms with van der Waals surface area (Å²) >= 11 is 0. The molecular weight excluding hydrogens is 260 g/mol. The number of aromatic nitrogens is 2. The van der Waals surface area contributed by atoms with E-state index in [1.165, 1.54) is 19.3 Å². The normalized spacial score (nSPS) is 15.9. The minimum absolute atomic E-state index is 0.0671. The van der Waals surface area contributed by atoms with Gasteiger partial charge in [0.2, 0.25) is 5.95 Å². The first kappa shape index (κ1) is 14.5. The van der Waals surface area contributed by atoms with E-state index in [0.717, 1.165) is 12.8 Å². The van der Waals surface area contributed by atoms with Crippen molar-refractivity contribution < 1.29 is 9.66 Å². The van der Waals surface area contributed by atoms with E-state index < -0.39 is 4.92 Å². The molecule has 1 aromatic rings. The number of nitrogens with one attached hydrogen (secondary N) is 1. The second-order valence-corrected chi connectivity index (χ2v) is 5.11. The van der Waals surface area contributed by atoms with E-state index in [4.69, 9.17) is 4.74 Å². The lowest BCUT2D eigenvalue weighted by Gasteiger charge is -2.21. The maximum Gasteiger partial charge on any atom is 0.352 e. The Hall–Kier alpha value is -1.92. The molecule has 0 atom stereocenters. The van der Waals surface area contributed by atoms with Crippen LogP contribution in [0.2, 0.25) is 0 Å². The van der Waals surface area contributed by atoms with Crippen LogP contribution in [0.15, 0.2) is 0 Å². The summed E-state index contributed by atoms with van der Waals surface area (Å²) < 4.78 is 5.63. The van der Waals surface area contributed by atoms with E-state index >= 15 is 0 Å². The highest BCUT2D eigenvalue weighted by molar-refractivity contribution is 5.48. The molecule has 1 heterocycles. The first-order valence-electron chi connectivity index (χ1n) is 6.95. The van der Waals surface area contributed by atoms with Gasteiger partial charge in [-0.2, -0.15) is 4.98 Å². The minimum Gasteiger partial charge on any atom is -0.472 e. The lowest BCUT2D eigenvalue weighted by Crippen LogP contribution is -2.17. The summed E-state index contributed by atoms with van der Waals surface area (Å²) in [4.78, 5) is 18.7. The first-order valence-corrected chi connectivity index (χ1v) is 6.95. The third-order valence-electron chi connectivity index (χ3n) is 3.61. The number of hydrogen-bond acceptors (Lipinski definition) is 6. The summed E-state index contributed by atoms with van der Waals surface area (Å²) in [5, 5.41) is 13.9. The van der Waals surface area contributed by atoms with Crippen molar-refractivity contribution in [3.05, 3.63) is 15.8 Å². The number of anilines is 1. The lowest BCUT2D eigenvalue weighted by atomic mass is 9.90. The predicted molar refractivity (Wildman–Crippen MR) is 75.0 cm³/mol. The van der Waals surface area contributed by atoms with Gasteiger partial charge in [-0.05, 0) is 25.7 Å². The molecule has 2 rings (SSSR count). The molecule has 110 valence electrons. The van der Waals surface area contributed by atoms with Gasteiger partial charge in [-0.1, -0.05) is 19.3 Å². The Morgan fingerprint density at radius 2 is 2.05 bits per heavy atom. The third kappa shape index (κ3) is 3.34. The van der Waals surface area contributed by atoms with Gasteiger partial charge in [-0.3, -0.25) is 10.1 Å². The fourth-order valence-corrected chi connectivity index (χ4v) is 2.51. The van der Waals surface area contributed by atoms with E-state index in [0.29, 0.717) is 24.2 Å². The van der Waals surface area contributed by atoms with Gasteiger partial charge >= 0.3 is 5.69 Å². The van der Waals surface area contributed by atoms with E-state index in [1.54, 1.807) is 14.0 Å². The fraction of sp³-hybridized carbons (Fsp3) is 0.692. The molecule has 7 heteroatoms. The first-order chi connectivity index (χ1) is 9.61. The molecule has 0 aliphatic heterocycles. The molecule has 1 aliphatic rings. The van der Waals surface area contributed by atoms with Crippen molar-refractivity contribution in [2.24, 2.45) is 5.92 Å². The standard InChI is InChI=1S/C13H20N4O3/c1-9-11(17(18)19)12(16-13(14-2)15-9)20-8-10-6-4-3-5-7-10/h10H,3-8H2,1-2H3,(H,14,15,16). The van der Waals surface area contributed by atoms with E-state index in [9.17, 15) is 10.1 Å². The SMILES string of the molecule is CNc1nc(C)c([N+](=O)[O-])c(OCC2CCCCC2)n1. The summed E-state index contributed by atoms with van der Waals surface area (Å²) in [5.74, 6) is 0.876. The van der Waals surface area contributed by atoms with Gasteiger partial charge in [0.25, 0.3) is 5.88 Å². The molecule has 1 saturated carbocycles. The number of aryl methyl sites for hydroxylation is 1. The lowest BCUT2D eigenvalue weighted by molar-refractivity contribution is -0.387. The number of nitrogens with zero attached hydrogens (tertiary/aromatic N) is 3. The van der Waals surface area contributed by atoms with Gasteiger partial charge in [0.15, 0.2) is 0 Å². The van der Waals surface area contributed by atoms with Gasteiger partial charge in [-0.15, -0.1) is 0 Å². The molecule has 1 aliphatic carbocycles. The topological polar surface area (TPSA) is 90.2 Å². The Morgan fingerprint density at radius 1 is 1.35 bits per heavy atom. The zero-order valence-corrected chi connectivity index (χ0v) is 11.9. The molecule has 1 fully saturated rings. The van der Waals surface area contributed by atoms with E-state index in [-0.39, 0.29) is 11.6 Å². The van der Waals surface area contributed by atoms with Crippen LogP contribution < -0.4 is 10.1 Å². The molecule has 20 heavy (non-hydrogen) atoms. The van der Waals surface area contributed by atoms with Crippen LogP contribution in [0.4, 0.5) is 11.6 Å². The van der Waals surface area contributed by atoms with E-state index in [2.05, 4.69) is 15.3 Å². The molecule has 0 bridgehead atoms. The largest absolute Gasteiger partial charge is 0.472 e. The molecule has 1 N–H and O–H groups in total. The molecule has 0 unspecified atom stereocenters. The highest BCUT2D eigenvalue weighted by Crippen LogP contribution is 2.30. The quantitative estimate of drug-likeness (QED) is 0.658. The van der Waals surface area contributed by atoms with Crippen LogP contribution in [0.3, 0.4) is 0 Å². The van der Waals surface area contributed by atoms with Crippen molar-refractivity contribution in [2.75, 3.05) is 19.0 Å². The second kappa shape index (κ2) is 6.49. The third-order valence-corrected chi connectivity index (χ3v) is 3.61. The molecule has 0 aromatic carbocycles. The summed E-state index contributed by atoms with van der Waals surface area (Å²) in [6.07, 6.45) is 5.93. The molecule has 1 aromatic heterocycles. The van der Waals surface area contributed by atoms with Crippen LogP contribution in [0.5, 0.6) is 5.88 Å². The van der Waals surface area contributed by atoms with E-state index in [1.807, 2.05) is 0 Å². The number of ether oxygens (including phenoxy) is 1. The molecule has 0 saturated heterocycles. The Morgan fingerprint density at radius 3 is 2.65 bits per heavy atom. The Labute approximate surface area is 117 Å². The maximum atomic E-state index is 11.1. The van der Waals surface area contributed by atoms with Gasteiger partial charge in [0.05, 0.1) is 11.5 Å². The van der Waals surface area contributed by atoms with Crippen molar-refractivity contribution in [2.45, 2.75) is 39.0 Å². The Bertz CT molecular complexity index is 487. The fourth-order valence-electron chi connectivity index (χ4n) is 2.51. The zero-order chi connectivity index (χ0) is 14.5. The average Bonchev–Trinajstić information content (AvgIpc) is 2.45. The van der Waals surface area contributed by atoms with Crippen LogP contribution in [0.25, 0.3) is 0 Å². The highest BCUT2D eigenvalue weighted by atomic mass is 16.6. The number of rotatable bonds is 5. The number of hydrogen-bond donors (Lipinski definition) is 1. The van der Waals surface area contributed by atoms with Gasteiger partial charge in [-0.25, -0.2) is 4.98 Å². The van der Waals surface area contributed by atoms with Crippen molar-refractivity contribution in [3.8, 4) is 5.88 Å². The average molecular weight is 280 g/mol. The highest BCUT2D eigenvalue weighted by Gasteiger charge is 2.24. The molecular formula is C13H20N4O3. The molecule has 0 radical (unpaired) electrons. The summed E-state index contributed by atoms with van der Waals surface area (Å²) in [6.45, 7) is 2.08. The predicted octanol–water partition coefficient (Wildman–Crippen LogP) is 2.69. The van der Waals surface area contributed by atoms with Crippen molar-refractivity contribution >= 4 is 11.6 Å². The van der Waals surface area contributed by atoms with Crippen molar-refractivity contribution in [1.29, 1.82) is 0 Å². The maximum absolute atomic E-state index is 11.1. The zero-order valence-electron chi connectivity index (χ0n) is 11.9. The second-order valence-electron chi connectivity index (χ2n) is 5.11. The molecule has 7 nitrogen and oxygen atoms in total. The van der Waals surface area contributed by atoms with Crippen LogP contribution in [0, 0.1) is 23.0 Å². The van der Waals surface area contributed by atoms with Gasteiger partial charge in [0, 0.05) is 7.05 Å². The summed E-state index contributed by atoms with van der Waals surface area (Å²) in [7, 11) is 1.67. The van der Waals surface area contributed by atoms with Crippen LogP contribution in [-0.4, -0.2) is 28.5 Å².